The Morgan fingerprint density at radius 1 is 1.18 bits per heavy atom. The van der Waals surface area contributed by atoms with E-state index in [2.05, 4.69) is 30.8 Å². The van der Waals surface area contributed by atoms with Crippen LogP contribution in [-0.2, 0) is 0 Å². The summed E-state index contributed by atoms with van der Waals surface area (Å²) in [5.74, 6) is 3.70. The zero-order chi connectivity index (χ0) is 15.9. The first-order valence-electron chi connectivity index (χ1n) is 7.00. The minimum absolute atomic E-state index is 0.215. The highest BCUT2D eigenvalue weighted by atomic mass is 16.5. The van der Waals surface area contributed by atoms with Gasteiger partial charge in [-0.1, -0.05) is 18.1 Å². The maximum absolute atomic E-state index is 5.42. The fraction of sp³-hybridized carbons (Fsp3) is 0.211. The maximum Gasteiger partial charge on any atom is 0.162 e. The van der Waals surface area contributed by atoms with Crippen molar-refractivity contribution in [3.63, 3.8) is 0 Å². The van der Waals surface area contributed by atoms with Gasteiger partial charge in [0.25, 0.3) is 0 Å². The van der Waals surface area contributed by atoms with Crippen molar-refractivity contribution < 1.29 is 9.47 Å². The predicted octanol–water partition coefficient (Wildman–Crippen LogP) is 4.07. The first-order chi connectivity index (χ1) is 10.7. The van der Waals surface area contributed by atoms with Gasteiger partial charge < -0.3 is 9.47 Å². The second kappa shape index (κ2) is 7.33. The monoisotopic (exact) mass is 293 g/mol. The van der Waals surface area contributed by atoms with E-state index < -0.39 is 0 Å². The second-order valence-electron chi connectivity index (χ2n) is 4.88. The Morgan fingerprint density at radius 2 is 2.00 bits per heavy atom. The van der Waals surface area contributed by atoms with Crippen LogP contribution in [-0.4, -0.2) is 19.9 Å². The van der Waals surface area contributed by atoms with Gasteiger partial charge in [0.1, 0.15) is 6.61 Å². The third-order valence-corrected chi connectivity index (χ3v) is 3.43. The zero-order valence-corrected chi connectivity index (χ0v) is 13.1. The van der Waals surface area contributed by atoms with Crippen LogP contribution in [0.1, 0.15) is 16.7 Å². The van der Waals surface area contributed by atoms with Crippen molar-refractivity contribution in [3.8, 4) is 23.8 Å². The van der Waals surface area contributed by atoms with E-state index in [9.17, 15) is 0 Å². The molecule has 0 aromatic heterocycles. The van der Waals surface area contributed by atoms with Crippen LogP contribution in [0.4, 0.5) is 5.69 Å². The van der Waals surface area contributed by atoms with Gasteiger partial charge in [-0.15, -0.1) is 6.42 Å². The maximum atomic E-state index is 5.42. The Morgan fingerprint density at radius 3 is 2.73 bits per heavy atom. The average Bonchev–Trinajstić information content (AvgIpc) is 2.54. The Balaban J connectivity index is 2.24. The first-order valence-corrected chi connectivity index (χ1v) is 7.00. The number of hydrogen-bond acceptors (Lipinski definition) is 3. The quantitative estimate of drug-likeness (QED) is 0.614. The molecule has 0 N–H and O–H groups in total. The summed E-state index contributed by atoms with van der Waals surface area (Å²) in [6.07, 6.45) is 7.01. The Labute approximate surface area is 131 Å². The number of methoxy groups -OCH3 is 1. The molecule has 0 fully saturated rings. The molecular weight excluding hydrogens is 274 g/mol. The highest BCUT2D eigenvalue weighted by molar-refractivity contribution is 5.83. The van der Waals surface area contributed by atoms with Crippen LogP contribution in [0.2, 0.25) is 0 Å². The molecule has 2 aromatic rings. The largest absolute Gasteiger partial charge is 0.493 e. The van der Waals surface area contributed by atoms with Gasteiger partial charge in [-0.3, -0.25) is 4.99 Å². The van der Waals surface area contributed by atoms with Gasteiger partial charge in [-0.2, -0.15) is 0 Å². The molecule has 112 valence electrons. The molecule has 3 nitrogen and oxygen atoms in total. The molecule has 0 aliphatic carbocycles. The molecule has 0 amide bonds. The predicted molar refractivity (Wildman–Crippen MR) is 90.5 cm³/mol. The third kappa shape index (κ3) is 3.67. The molecule has 0 aliphatic rings. The fourth-order valence-corrected chi connectivity index (χ4v) is 2.02. The molecule has 2 aromatic carbocycles. The number of ether oxygens (including phenoxy) is 2. The van der Waals surface area contributed by atoms with Crippen molar-refractivity contribution >= 4 is 11.9 Å². The molecule has 0 atom stereocenters. The van der Waals surface area contributed by atoms with Gasteiger partial charge in [0.2, 0.25) is 0 Å². The molecule has 0 bridgehead atoms. The molecule has 0 radical (unpaired) electrons. The number of benzene rings is 2. The van der Waals surface area contributed by atoms with E-state index in [0.717, 1.165) is 11.3 Å². The fourth-order valence-electron chi connectivity index (χ4n) is 2.02. The van der Waals surface area contributed by atoms with E-state index in [4.69, 9.17) is 15.9 Å². The van der Waals surface area contributed by atoms with Gasteiger partial charge >= 0.3 is 0 Å². The summed E-state index contributed by atoms with van der Waals surface area (Å²) < 4.78 is 10.7. The summed E-state index contributed by atoms with van der Waals surface area (Å²) in [4.78, 5) is 4.55. The minimum Gasteiger partial charge on any atom is -0.493 e. The SMILES string of the molecule is C#CCOc1ccc(C=Nc2cccc(C)c2C)cc1OC. The normalized spacial score (nSPS) is 10.5. The van der Waals surface area contributed by atoms with Gasteiger partial charge in [0.05, 0.1) is 12.8 Å². The van der Waals surface area contributed by atoms with E-state index in [1.54, 1.807) is 7.11 Å². The standard InChI is InChI=1S/C19H19NO2/c1-5-11-22-18-10-9-16(12-19(18)21-4)13-20-17-8-6-7-14(2)15(17)3/h1,6-10,12-13H,11H2,2-4H3. The van der Waals surface area contributed by atoms with Crippen LogP contribution < -0.4 is 9.47 Å². The summed E-state index contributed by atoms with van der Waals surface area (Å²) in [6, 6.07) is 11.7. The smallest absolute Gasteiger partial charge is 0.162 e. The lowest BCUT2D eigenvalue weighted by Gasteiger charge is -2.09. The molecule has 0 unspecified atom stereocenters. The molecule has 0 aliphatic heterocycles. The van der Waals surface area contributed by atoms with Crippen LogP contribution in [0.5, 0.6) is 11.5 Å². The highest BCUT2D eigenvalue weighted by Crippen LogP contribution is 2.28. The van der Waals surface area contributed by atoms with Gasteiger partial charge in [0, 0.05) is 6.21 Å². The Kier molecular flexibility index (Phi) is 5.21. The summed E-state index contributed by atoms with van der Waals surface area (Å²) in [6.45, 7) is 4.36. The number of hydrogen-bond donors (Lipinski definition) is 0. The van der Waals surface area contributed by atoms with Crippen LogP contribution >= 0.6 is 0 Å². The van der Waals surface area contributed by atoms with Gasteiger partial charge in [0.15, 0.2) is 11.5 Å². The lowest BCUT2D eigenvalue weighted by Crippen LogP contribution is -1.97. The van der Waals surface area contributed by atoms with Crippen molar-refractivity contribution in [1.29, 1.82) is 0 Å². The van der Waals surface area contributed by atoms with Crippen molar-refractivity contribution in [1.82, 2.24) is 0 Å². The Hall–Kier alpha value is -2.73. The van der Waals surface area contributed by atoms with E-state index >= 15 is 0 Å². The molecular formula is C19H19NO2. The molecule has 0 saturated carbocycles. The van der Waals surface area contributed by atoms with E-state index in [1.165, 1.54) is 11.1 Å². The van der Waals surface area contributed by atoms with Crippen molar-refractivity contribution in [2.75, 3.05) is 13.7 Å². The molecule has 22 heavy (non-hydrogen) atoms. The first kappa shape index (κ1) is 15.7. The zero-order valence-electron chi connectivity index (χ0n) is 13.1. The van der Waals surface area contributed by atoms with Crippen molar-refractivity contribution in [2.45, 2.75) is 13.8 Å². The lowest BCUT2D eigenvalue weighted by molar-refractivity contribution is 0.331. The lowest BCUT2D eigenvalue weighted by atomic mass is 10.1. The van der Waals surface area contributed by atoms with E-state index in [1.807, 2.05) is 36.5 Å². The van der Waals surface area contributed by atoms with E-state index in [0.29, 0.717) is 11.5 Å². The molecule has 3 heteroatoms. The third-order valence-electron chi connectivity index (χ3n) is 3.43. The van der Waals surface area contributed by atoms with Gasteiger partial charge in [-0.05, 0) is 54.8 Å². The van der Waals surface area contributed by atoms with Crippen LogP contribution in [0.15, 0.2) is 41.4 Å². The molecule has 0 saturated heterocycles. The van der Waals surface area contributed by atoms with Crippen molar-refractivity contribution in [2.24, 2.45) is 4.99 Å². The molecule has 2 rings (SSSR count). The van der Waals surface area contributed by atoms with Crippen LogP contribution in [0, 0.1) is 26.2 Å². The van der Waals surface area contributed by atoms with Crippen LogP contribution in [0.25, 0.3) is 0 Å². The number of nitrogens with zero attached hydrogens (tertiary/aromatic N) is 1. The number of terminal acetylenes is 1. The number of aryl methyl sites for hydroxylation is 1. The highest BCUT2D eigenvalue weighted by Gasteiger charge is 2.04. The summed E-state index contributed by atoms with van der Waals surface area (Å²) in [5, 5.41) is 0. The molecule has 0 heterocycles. The topological polar surface area (TPSA) is 30.8 Å². The second-order valence-corrected chi connectivity index (χ2v) is 4.88. The Bertz CT molecular complexity index is 727. The van der Waals surface area contributed by atoms with Crippen molar-refractivity contribution in [3.05, 3.63) is 53.1 Å². The van der Waals surface area contributed by atoms with Crippen LogP contribution in [0.3, 0.4) is 0 Å². The van der Waals surface area contributed by atoms with E-state index in [-0.39, 0.29) is 6.61 Å². The summed E-state index contributed by atoms with van der Waals surface area (Å²) in [7, 11) is 1.60. The van der Waals surface area contributed by atoms with Gasteiger partial charge in [-0.25, -0.2) is 0 Å². The summed E-state index contributed by atoms with van der Waals surface area (Å²) in [5.41, 5.74) is 4.31. The number of rotatable bonds is 5. The summed E-state index contributed by atoms with van der Waals surface area (Å²) >= 11 is 0. The average molecular weight is 293 g/mol. The number of aliphatic imine (C=N–C) groups is 1. The minimum atomic E-state index is 0.215. The molecule has 0 spiro atoms.